The first-order valence-electron chi connectivity index (χ1n) is 12.1. The standard InChI is InChI=1S/C26H26F3N3O5/c27-26(28,29)19-7-10-21-22(14-19)30-31-32(24(21)34)12-11-18(25(35)36)13-23(33)17-5-8-20(9-6-17)37-15-16-3-1-2-4-16/h5-10,14,16,18H,1-4,11-13,15H2,(H,35,36). The lowest BCUT2D eigenvalue weighted by Crippen LogP contribution is -2.27. The summed E-state index contributed by atoms with van der Waals surface area (Å²) in [6.45, 7) is 0.468. The first-order valence-corrected chi connectivity index (χ1v) is 12.1. The maximum atomic E-state index is 12.9. The molecule has 0 bridgehead atoms. The zero-order valence-electron chi connectivity index (χ0n) is 19.9. The average molecular weight is 518 g/mol. The number of benzene rings is 2. The van der Waals surface area contributed by atoms with Crippen LogP contribution < -0.4 is 10.3 Å². The lowest BCUT2D eigenvalue weighted by Gasteiger charge is -2.13. The van der Waals surface area contributed by atoms with E-state index in [1.54, 1.807) is 24.3 Å². The van der Waals surface area contributed by atoms with E-state index in [4.69, 9.17) is 4.74 Å². The highest BCUT2D eigenvalue weighted by molar-refractivity contribution is 5.98. The summed E-state index contributed by atoms with van der Waals surface area (Å²) >= 11 is 0. The summed E-state index contributed by atoms with van der Waals surface area (Å²) < 4.78 is 45.4. The number of fused-ring (bicyclic) bond motifs is 1. The van der Waals surface area contributed by atoms with Crippen LogP contribution in [0.4, 0.5) is 13.2 Å². The molecule has 1 unspecified atom stereocenters. The van der Waals surface area contributed by atoms with Crippen LogP contribution in [-0.2, 0) is 17.5 Å². The minimum atomic E-state index is -4.59. The van der Waals surface area contributed by atoms with Crippen molar-refractivity contribution in [3.63, 3.8) is 0 Å². The average Bonchev–Trinajstić information content (AvgIpc) is 3.39. The van der Waals surface area contributed by atoms with Crippen LogP contribution in [0.3, 0.4) is 0 Å². The van der Waals surface area contributed by atoms with Gasteiger partial charge < -0.3 is 9.84 Å². The molecule has 1 aliphatic rings. The van der Waals surface area contributed by atoms with E-state index in [1.807, 2.05) is 0 Å². The van der Waals surface area contributed by atoms with Gasteiger partial charge in [0.25, 0.3) is 5.56 Å². The summed E-state index contributed by atoms with van der Waals surface area (Å²) in [5.41, 5.74) is -1.51. The van der Waals surface area contributed by atoms with Crippen molar-refractivity contribution in [3.05, 3.63) is 63.9 Å². The minimum Gasteiger partial charge on any atom is -0.493 e. The first-order chi connectivity index (χ1) is 17.6. The fourth-order valence-corrected chi connectivity index (χ4v) is 4.46. The molecule has 1 N–H and O–H groups in total. The van der Waals surface area contributed by atoms with Gasteiger partial charge >= 0.3 is 12.1 Å². The van der Waals surface area contributed by atoms with Crippen LogP contribution in [0, 0.1) is 11.8 Å². The Morgan fingerprint density at radius 3 is 2.46 bits per heavy atom. The van der Waals surface area contributed by atoms with E-state index < -0.39 is 29.2 Å². The number of carboxylic acid groups (broad SMARTS) is 1. The van der Waals surface area contributed by atoms with Gasteiger partial charge in [-0.05, 0) is 67.6 Å². The van der Waals surface area contributed by atoms with Gasteiger partial charge in [-0.3, -0.25) is 14.4 Å². The SMILES string of the molecule is O=C(CC(CCn1nnc2cc(C(F)(F)F)ccc2c1=O)C(=O)O)c1ccc(OCC2CCCC2)cc1. The van der Waals surface area contributed by atoms with E-state index in [1.165, 1.54) is 12.8 Å². The predicted molar refractivity (Wildman–Crippen MR) is 127 cm³/mol. The number of hydrogen-bond acceptors (Lipinski definition) is 6. The number of ether oxygens (including phenoxy) is 1. The molecule has 1 atom stereocenters. The molecule has 0 amide bonds. The van der Waals surface area contributed by atoms with Crippen LogP contribution in [0.2, 0.25) is 0 Å². The smallest absolute Gasteiger partial charge is 0.416 e. The molecular weight excluding hydrogens is 491 g/mol. The molecule has 0 radical (unpaired) electrons. The highest BCUT2D eigenvalue weighted by atomic mass is 19.4. The fourth-order valence-electron chi connectivity index (χ4n) is 4.46. The third-order valence-electron chi connectivity index (χ3n) is 6.66. The predicted octanol–water partition coefficient (Wildman–Crippen LogP) is 4.74. The molecule has 1 saturated carbocycles. The second-order valence-corrected chi connectivity index (χ2v) is 9.28. The Morgan fingerprint density at radius 2 is 1.81 bits per heavy atom. The Labute approximate surface area is 210 Å². The van der Waals surface area contributed by atoms with Crippen molar-refractivity contribution in [1.29, 1.82) is 0 Å². The highest BCUT2D eigenvalue weighted by Crippen LogP contribution is 2.30. The molecule has 1 aliphatic carbocycles. The summed E-state index contributed by atoms with van der Waals surface area (Å²) in [5.74, 6) is -1.47. The van der Waals surface area contributed by atoms with Crippen molar-refractivity contribution in [3.8, 4) is 5.75 Å². The molecule has 4 rings (SSSR count). The molecular formula is C26H26F3N3O5. The van der Waals surface area contributed by atoms with Gasteiger partial charge in [-0.15, -0.1) is 5.10 Å². The zero-order valence-corrected chi connectivity index (χ0v) is 19.9. The quantitative estimate of drug-likeness (QED) is 0.387. The highest BCUT2D eigenvalue weighted by Gasteiger charge is 2.31. The molecule has 37 heavy (non-hydrogen) atoms. The van der Waals surface area contributed by atoms with Gasteiger partial charge in [0.2, 0.25) is 0 Å². The van der Waals surface area contributed by atoms with E-state index >= 15 is 0 Å². The number of halogens is 3. The van der Waals surface area contributed by atoms with Crippen molar-refractivity contribution in [1.82, 2.24) is 15.0 Å². The van der Waals surface area contributed by atoms with E-state index in [2.05, 4.69) is 10.3 Å². The molecule has 1 fully saturated rings. The Morgan fingerprint density at radius 1 is 1.11 bits per heavy atom. The van der Waals surface area contributed by atoms with Crippen molar-refractivity contribution in [2.24, 2.45) is 11.8 Å². The normalized spacial score (nSPS) is 15.1. The van der Waals surface area contributed by atoms with E-state index in [0.717, 1.165) is 35.7 Å². The number of aryl methyl sites for hydroxylation is 1. The van der Waals surface area contributed by atoms with Crippen LogP contribution in [0.5, 0.6) is 5.75 Å². The maximum Gasteiger partial charge on any atom is 0.416 e. The first kappa shape index (κ1) is 26.3. The lowest BCUT2D eigenvalue weighted by molar-refractivity contribution is -0.142. The molecule has 0 spiro atoms. The largest absolute Gasteiger partial charge is 0.493 e. The van der Waals surface area contributed by atoms with Crippen molar-refractivity contribution < 1.29 is 32.6 Å². The zero-order chi connectivity index (χ0) is 26.6. The van der Waals surface area contributed by atoms with E-state index in [9.17, 15) is 32.7 Å². The molecule has 3 aromatic rings. The molecule has 1 heterocycles. The summed E-state index contributed by atoms with van der Waals surface area (Å²) in [6.07, 6.45) is -0.220. The number of rotatable bonds is 10. The number of Topliss-reactive ketones (excluding diaryl/α,β-unsaturated/α-hetero) is 1. The fraction of sp³-hybridized carbons (Fsp3) is 0.423. The maximum absolute atomic E-state index is 12.9. The van der Waals surface area contributed by atoms with E-state index in [0.29, 0.717) is 23.8 Å². The molecule has 8 nitrogen and oxygen atoms in total. The number of carbonyl (C=O) groups is 2. The number of ketones is 1. The van der Waals surface area contributed by atoms with Crippen molar-refractivity contribution in [2.45, 2.75) is 51.2 Å². The van der Waals surface area contributed by atoms with Crippen LogP contribution in [0.25, 0.3) is 10.9 Å². The lowest BCUT2D eigenvalue weighted by atomic mass is 9.95. The van der Waals surface area contributed by atoms with Gasteiger partial charge in [0.05, 0.1) is 23.5 Å². The second-order valence-electron chi connectivity index (χ2n) is 9.28. The molecule has 196 valence electrons. The number of alkyl halides is 3. The third kappa shape index (κ3) is 6.52. The van der Waals surface area contributed by atoms with Crippen LogP contribution in [-0.4, -0.2) is 38.5 Å². The molecule has 2 aromatic carbocycles. The summed E-state index contributed by atoms with van der Waals surface area (Å²) in [5, 5.41) is 16.9. The third-order valence-corrected chi connectivity index (χ3v) is 6.66. The molecule has 1 aromatic heterocycles. The second kappa shape index (κ2) is 11.1. The number of carbonyl (C=O) groups excluding carboxylic acids is 1. The van der Waals surface area contributed by atoms with Gasteiger partial charge in [-0.1, -0.05) is 18.1 Å². The number of nitrogens with zero attached hydrogens (tertiary/aromatic N) is 3. The van der Waals surface area contributed by atoms with Crippen LogP contribution in [0.15, 0.2) is 47.3 Å². The number of aliphatic carboxylic acids is 1. The monoisotopic (exact) mass is 517 g/mol. The Kier molecular flexibility index (Phi) is 7.89. The molecule has 0 aliphatic heterocycles. The van der Waals surface area contributed by atoms with Gasteiger partial charge in [0.15, 0.2) is 5.78 Å². The number of carboxylic acids is 1. The Hall–Kier alpha value is -3.76. The molecule has 0 saturated heterocycles. The van der Waals surface area contributed by atoms with E-state index in [-0.39, 0.29) is 36.1 Å². The summed E-state index contributed by atoms with van der Waals surface area (Å²) in [4.78, 5) is 37.1. The summed E-state index contributed by atoms with van der Waals surface area (Å²) in [6, 6.07) is 9.10. The van der Waals surface area contributed by atoms with Gasteiger partial charge in [-0.2, -0.15) is 13.2 Å². The Balaban J connectivity index is 1.38. The van der Waals surface area contributed by atoms with Crippen LogP contribution >= 0.6 is 0 Å². The van der Waals surface area contributed by atoms with Crippen molar-refractivity contribution >= 4 is 22.7 Å². The van der Waals surface area contributed by atoms with Gasteiger partial charge in [0.1, 0.15) is 11.3 Å². The number of aromatic nitrogens is 3. The van der Waals surface area contributed by atoms with Gasteiger partial charge in [-0.25, -0.2) is 4.68 Å². The van der Waals surface area contributed by atoms with Crippen molar-refractivity contribution in [2.75, 3.05) is 6.61 Å². The number of hydrogen-bond donors (Lipinski definition) is 1. The van der Waals surface area contributed by atoms with Gasteiger partial charge in [0, 0.05) is 18.5 Å². The Bertz CT molecular complexity index is 1330. The summed E-state index contributed by atoms with van der Waals surface area (Å²) in [7, 11) is 0. The topological polar surface area (TPSA) is 111 Å². The minimum absolute atomic E-state index is 0.0683. The van der Waals surface area contributed by atoms with Crippen LogP contribution in [0.1, 0.15) is 54.4 Å². The molecule has 11 heteroatoms.